The molecule has 1 aliphatic heterocycles. The molecule has 2 heterocycles. The summed E-state index contributed by atoms with van der Waals surface area (Å²) in [5.74, 6) is -0.0257. The van der Waals surface area contributed by atoms with Crippen LogP contribution in [0.15, 0.2) is 66.0 Å². The first-order valence-corrected chi connectivity index (χ1v) is 11.3. The molecule has 0 aliphatic carbocycles. The summed E-state index contributed by atoms with van der Waals surface area (Å²) in [7, 11) is 0. The molecule has 0 spiro atoms. The van der Waals surface area contributed by atoms with E-state index in [1.807, 2.05) is 62.5 Å². The number of ether oxygens (including phenoxy) is 1. The number of amides is 1. The van der Waals surface area contributed by atoms with Crippen molar-refractivity contribution >= 4 is 23.4 Å². The van der Waals surface area contributed by atoms with Crippen molar-refractivity contribution in [3.8, 4) is 11.3 Å². The molecule has 6 heteroatoms. The maximum absolute atomic E-state index is 12.8. The first kappa shape index (κ1) is 20.7. The van der Waals surface area contributed by atoms with Crippen LogP contribution in [0.1, 0.15) is 25.3 Å². The Labute approximate surface area is 181 Å². The molecule has 1 aliphatic rings. The van der Waals surface area contributed by atoms with Crippen molar-refractivity contribution < 1.29 is 9.53 Å². The molecular formula is C24H27N3O2S. The number of para-hydroxylation sites is 1. The molecule has 0 saturated carbocycles. The number of rotatable bonds is 7. The second-order valence-electron chi connectivity index (χ2n) is 7.60. The van der Waals surface area contributed by atoms with Gasteiger partial charge in [0.15, 0.2) is 5.16 Å². The average Bonchev–Trinajstić information content (AvgIpc) is 3.41. The van der Waals surface area contributed by atoms with Crippen molar-refractivity contribution in [2.45, 2.75) is 49.7 Å². The number of imidazole rings is 1. The lowest BCUT2D eigenvalue weighted by Gasteiger charge is -2.18. The van der Waals surface area contributed by atoms with Crippen LogP contribution in [-0.4, -0.2) is 33.4 Å². The van der Waals surface area contributed by atoms with E-state index in [4.69, 9.17) is 4.74 Å². The molecule has 2 unspecified atom stereocenters. The Balaban J connectivity index is 1.54. The van der Waals surface area contributed by atoms with Gasteiger partial charge in [-0.05, 0) is 43.9 Å². The highest BCUT2D eigenvalue weighted by Crippen LogP contribution is 2.31. The van der Waals surface area contributed by atoms with Crippen LogP contribution in [0.5, 0.6) is 0 Å². The highest BCUT2D eigenvalue weighted by molar-refractivity contribution is 8.00. The Bertz CT molecular complexity index is 997. The number of nitrogens with zero attached hydrogens (tertiary/aromatic N) is 2. The molecule has 30 heavy (non-hydrogen) atoms. The second-order valence-corrected chi connectivity index (χ2v) is 8.91. The van der Waals surface area contributed by atoms with Gasteiger partial charge in [-0.2, -0.15) is 0 Å². The zero-order valence-corrected chi connectivity index (χ0v) is 18.2. The Morgan fingerprint density at radius 3 is 2.73 bits per heavy atom. The molecule has 2 atom stereocenters. The molecular weight excluding hydrogens is 394 g/mol. The van der Waals surface area contributed by atoms with Gasteiger partial charge in [-0.1, -0.05) is 60.3 Å². The molecule has 3 aromatic rings. The molecule has 1 aromatic heterocycles. The summed E-state index contributed by atoms with van der Waals surface area (Å²) in [5, 5.41) is 3.61. The SMILES string of the molecule is Cc1ccccc1NC(=O)C(C)Sc1ncc(-c2ccccc2)n1CC1CCCO1. The van der Waals surface area contributed by atoms with Crippen molar-refractivity contribution in [3.05, 3.63) is 66.4 Å². The largest absolute Gasteiger partial charge is 0.376 e. The maximum atomic E-state index is 12.8. The van der Waals surface area contributed by atoms with E-state index in [1.165, 1.54) is 11.8 Å². The van der Waals surface area contributed by atoms with E-state index in [1.54, 1.807) is 0 Å². The van der Waals surface area contributed by atoms with E-state index >= 15 is 0 Å². The minimum Gasteiger partial charge on any atom is -0.376 e. The number of hydrogen-bond acceptors (Lipinski definition) is 4. The second kappa shape index (κ2) is 9.49. The summed E-state index contributed by atoms with van der Waals surface area (Å²) >= 11 is 1.49. The molecule has 1 fully saturated rings. The number of carbonyl (C=O) groups excluding carboxylic acids is 1. The minimum absolute atomic E-state index is 0.0257. The third kappa shape index (κ3) is 4.77. The molecule has 0 radical (unpaired) electrons. The predicted molar refractivity (Wildman–Crippen MR) is 122 cm³/mol. The summed E-state index contributed by atoms with van der Waals surface area (Å²) in [5.41, 5.74) is 4.07. The number of carbonyl (C=O) groups is 1. The Kier molecular flexibility index (Phi) is 6.55. The maximum Gasteiger partial charge on any atom is 0.237 e. The number of aromatic nitrogens is 2. The fourth-order valence-electron chi connectivity index (χ4n) is 3.62. The highest BCUT2D eigenvalue weighted by Gasteiger charge is 2.23. The lowest BCUT2D eigenvalue weighted by molar-refractivity contribution is -0.115. The normalized spacial score (nSPS) is 17.1. The molecule has 5 nitrogen and oxygen atoms in total. The zero-order chi connectivity index (χ0) is 20.9. The van der Waals surface area contributed by atoms with E-state index in [-0.39, 0.29) is 17.3 Å². The first-order valence-electron chi connectivity index (χ1n) is 10.4. The smallest absolute Gasteiger partial charge is 0.237 e. The number of thioether (sulfide) groups is 1. The van der Waals surface area contributed by atoms with Crippen LogP contribution in [-0.2, 0) is 16.1 Å². The Morgan fingerprint density at radius 1 is 1.23 bits per heavy atom. The van der Waals surface area contributed by atoms with Crippen molar-refractivity contribution in [1.29, 1.82) is 0 Å². The number of aryl methyl sites for hydroxylation is 1. The van der Waals surface area contributed by atoms with Crippen molar-refractivity contribution in [3.63, 3.8) is 0 Å². The summed E-state index contributed by atoms with van der Waals surface area (Å²) in [4.78, 5) is 17.5. The van der Waals surface area contributed by atoms with Gasteiger partial charge in [0.05, 0.1) is 29.8 Å². The van der Waals surface area contributed by atoms with Crippen LogP contribution in [0.4, 0.5) is 5.69 Å². The van der Waals surface area contributed by atoms with Gasteiger partial charge >= 0.3 is 0 Å². The lowest BCUT2D eigenvalue weighted by atomic mass is 10.1. The molecule has 1 amide bonds. The number of benzene rings is 2. The van der Waals surface area contributed by atoms with E-state index in [0.717, 1.165) is 53.7 Å². The van der Waals surface area contributed by atoms with Crippen LogP contribution in [0, 0.1) is 6.92 Å². The van der Waals surface area contributed by atoms with Gasteiger partial charge in [-0.3, -0.25) is 4.79 Å². The number of hydrogen-bond donors (Lipinski definition) is 1. The molecule has 0 bridgehead atoms. The standard InChI is InChI=1S/C24H27N3O2S/c1-17-9-6-7-13-21(17)26-23(28)18(2)30-24-25-15-22(19-10-4-3-5-11-19)27(24)16-20-12-8-14-29-20/h3-7,9-11,13,15,18,20H,8,12,14,16H2,1-2H3,(H,26,28). The quantitative estimate of drug-likeness (QED) is 0.536. The third-order valence-corrected chi connectivity index (χ3v) is 6.46. The first-order chi connectivity index (χ1) is 14.6. The van der Waals surface area contributed by atoms with Crippen LogP contribution in [0.25, 0.3) is 11.3 Å². The summed E-state index contributed by atoms with van der Waals surface area (Å²) < 4.78 is 8.08. The van der Waals surface area contributed by atoms with Gasteiger partial charge in [0.1, 0.15) is 0 Å². The monoisotopic (exact) mass is 421 g/mol. The van der Waals surface area contributed by atoms with Crippen molar-refractivity contribution in [1.82, 2.24) is 9.55 Å². The predicted octanol–water partition coefficient (Wildman–Crippen LogP) is 5.16. The van der Waals surface area contributed by atoms with E-state index < -0.39 is 0 Å². The third-order valence-electron chi connectivity index (χ3n) is 5.35. The van der Waals surface area contributed by atoms with Gasteiger partial charge in [0.2, 0.25) is 5.91 Å². The summed E-state index contributed by atoms with van der Waals surface area (Å²) in [6.07, 6.45) is 4.24. The van der Waals surface area contributed by atoms with Gasteiger partial charge < -0.3 is 14.6 Å². The highest BCUT2D eigenvalue weighted by atomic mass is 32.2. The summed E-state index contributed by atoms with van der Waals surface area (Å²) in [6, 6.07) is 18.1. The lowest BCUT2D eigenvalue weighted by Crippen LogP contribution is -2.24. The van der Waals surface area contributed by atoms with Gasteiger partial charge in [-0.25, -0.2) is 4.98 Å². The van der Waals surface area contributed by atoms with E-state index in [0.29, 0.717) is 0 Å². The van der Waals surface area contributed by atoms with E-state index in [2.05, 4.69) is 27.0 Å². The molecule has 1 saturated heterocycles. The molecule has 4 rings (SSSR count). The summed E-state index contributed by atoms with van der Waals surface area (Å²) in [6.45, 7) is 5.48. The molecule has 1 N–H and O–H groups in total. The van der Waals surface area contributed by atoms with Gasteiger partial charge in [0, 0.05) is 12.3 Å². The zero-order valence-electron chi connectivity index (χ0n) is 17.4. The number of nitrogens with one attached hydrogen (secondary N) is 1. The Hall–Kier alpha value is -2.57. The average molecular weight is 422 g/mol. The van der Waals surface area contributed by atoms with Crippen molar-refractivity contribution in [2.24, 2.45) is 0 Å². The van der Waals surface area contributed by atoms with Crippen molar-refractivity contribution in [2.75, 3.05) is 11.9 Å². The van der Waals surface area contributed by atoms with Crippen LogP contribution in [0.2, 0.25) is 0 Å². The Morgan fingerprint density at radius 2 is 2.00 bits per heavy atom. The van der Waals surface area contributed by atoms with Gasteiger partial charge in [-0.15, -0.1) is 0 Å². The molecule has 156 valence electrons. The molecule has 2 aromatic carbocycles. The fourth-order valence-corrected chi connectivity index (χ4v) is 4.52. The van der Waals surface area contributed by atoms with Gasteiger partial charge in [0.25, 0.3) is 0 Å². The topological polar surface area (TPSA) is 56.2 Å². The van der Waals surface area contributed by atoms with E-state index in [9.17, 15) is 4.79 Å². The van der Waals surface area contributed by atoms with Crippen LogP contribution >= 0.6 is 11.8 Å². The fraction of sp³-hybridized carbons (Fsp3) is 0.333. The van der Waals surface area contributed by atoms with Crippen LogP contribution in [0.3, 0.4) is 0 Å². The van der Waals surface area contributed by atoms with Crippen LogP contribution < -0.4 is 5.32 Å². The number of anilines is 1. The minimum atomic E-state index is -0.279.